The van der Waals surface area contributed by atoms with Gasteiger partial charge in [0, 0.05) is 5.69 Å². The molecule has 0 bridgehead atoms. The summed E-state index contributed by atoms with van der Waals surface area (Å²) in [5.74, 6) is 0.0353. The second-order valence-corrected chi connectivity index (χ2v) is 5.28. The van der Waals surface area contributed by atoms with E-state index in [2.05, 4.69) is 10.6 Å². The molecule has 0 unspecified atom stereocenters. The molecule has 4 nitrogen and oxygen atoms in total. The van der Waals surface area contributed by atoms with Crippen LogP contribution in [0.15, 0.2) is 42.5 Å². The molecule has 2 rings (SSSR count). The van der Waals surface area contributed by atoms with Crippen LogP contribution in [0.4, 0.5) is 20.6 Å². The third-order valence-electron chi connectivity index (χ3n) is 2.68. The van der Waals surface area contributed by atoms with Gasteiger partial charge in [-0.25, -0.2) is 9.18 Å². The molecule has 2 aromatic rings. The van der Waals surface area contributed by atoms with Gasteiger partial charge in [0.15, 0.2) is 0 Å². The topological polar surface area (TPSA) is 50.4 Å². The smallest absolute Gasteiger partial charge is 0.323 e. The number of hydrogen-bond donors (Lipinski definition) is 2. The first-order valence-electron chi connectivity index (χ1n) is 6.74. The van der Waals surface area contributed by atoms with E-state index < -0.39 is 11.8 Å². The molecule has 0 spiro atoms. The molecule has 0 aliphatic carbocycles. The molecule has 2 N–H and O–H groups in total. The van der Waals surface area contributed by atoms with Crippen molar-refractivity contribution in [2.45, 2.75) is 20.0 Å². The lowest BCUT2D eigenvalue weighted by Crippen LogP contribution is -2.20. The van der Waals surface area contributed by atoms with E-state index in [4.69, 9.17) is 16.3 Å². The van der Waals surface area contributed by atoms with E-state index in [-0.39, 0.29) is 11.1 Å². The monoisotopic (exact) mass is 322 g/mol. The summed E-state index contributed by atoms with van der Waals surface area (Å²) in [6.45, 7) is 3.80. The third-order valence-corrected chi connectivity index (χ3v) is 2.97. The molecule has 116 valence electrons. The lowest BCUT2D eigenvalue weighted by molar-refractivity contribution is 0.243. The van der Waals surface area contributed by atoms with Crippen LogP contribution in [0.25, 0.3) is 0 Å². The van der Waals surface area contributed by atoms with E-state index in [0.717, 1.165) is 0 Å². The van der Waals surface area contributed by atoms with Crippen molar-refractivity contribution in [2.75, 3.05) is 10.6 Å². The van der Waals surface area contributed by atoms with Crippen molar-refractivity contribution in [2.24, 2.45) is 0 Å². The number of ether oxygens (including phenoxy) is 1. The van der Waals surface area contributed by atoms with Gasteiger partial charge in [-0.15, -0.1) is 0 Å². The number of carbonyl (C=O) groups excluding carboxylic acids is 1. The Labute approximate surface area is 133 Å². The molecule has 0 saturated heterocycles. The maximum Gasteiger partial charge on any atom is 0.323 e. The van der Waals surface area contributed by atoms with Crippen LogP contribution >= 0.6 is 11.6 Å². The van der Waals surface area contributed by atoms with Gasteiger partial charge < -0.3 is 15.4 Å². The van der Waals surface area contributed by atoms with Crippen molar-refractivity contribution in [3.63, 3.8) is 0 Å². The van der Waals surface area contributed by atoms with Gasteiger partial charge in [0.1, 0.15) is 11.6 Å². The first-order valence-corrected chi connectivity index (χ1v) is 7.12. The van der Waals surface area contributed by atoms with E-state index in [1.54, 1.807) is 18.2 Å². The first kappa shape index (κ1) is 16.1. The quantitative estimate of drug-likeness (QED) is 0.840. The van der Waals surface area contributed by atoms with Gasteiger partial charge in [0.25, 0.3) is 0 Å². The summed E-state index contributed by atoms with van der Waals surface area (Å²) >= 11 is 5.67. The Balaban J connectivity index is 2.07. The van der Waals surface area contributed by atoms with E-state index >= 15 is 0 Å². The maximum absolute atomic E-state index is 13.1. The Kier molecular flexibility index (Phi) is 5.22. The highest BCUT2D eigenvalue weighted by Gasteiger charge is 2.09. The lowest BCUT2D eigenvalue weighted by Gasteiger charge is -2.15. The van der Waals surface area contributed by atoms with Gasteiger partial charge in [0.2, 0.25) is 0 Å². The highest BCUT2D eigenvalue weighted by molar-refractivity contribution is 6.31. The average molecular weight is 323 g/mol. The maximum atomic E-state index is 13.1. The van der Waals surface area contributed by atoms with Gasteiger partial charge >= 0.3 is 6.03 Å². The molecule has 0 heterocycles. The highest BCUT2D eigenvalue weighted by atomic mass is 35.5. The summed E-state index contributed by atoms with van der Waals surface area (Å²) < 4.78 is 18.7. The minimum atomic E-state index is -0.539. The minimum absolute atomic E-state index is 0.0121. The van der Waals surface area contributed by atoms with E-state index in [0.29, 0.717) is 17.1 Å². The van der Waals surface area contributed by atoms with Crippen molar-refractivity contribution in [1.82, 2.24) is 0 Å². The van der Waals surface area contributed by atoms with Crippen LogP contribution in [-0.4, -0.2) is 12.1 Å². The van der Waals surface area contributed by atoms with Gasteiger partial charge in [-0.2, -0.15) is 0 Å². The highest BCUT2D eigenvalue weighted by Crippen LogP contribution is 2.25. The third kappa shape index (κ3) is 4.36. The Morgan fingerprint density at radius 2 is 1.91 bits per heavy atom. The number of carbonyl (C=O) groups is 1. The first-order chi connectivity index (χ1) is 10.5. The van der Waals surface area contributed by atoms with Crippen LogP contribution in [-0.2, 0) is 0 Å². The van der Waals surface area contributed by atoms with Crippen molar-refractivity contribution in [1.29, 1.82) is 0 Å². The second kappa shape index (κ2) is 7.13. The molecular formula is C16H16ClFN2O2. The lowest BCUT2D eigenvalue weighted by atomic mass is 10.3. The number of anilines is 2. The fraction of sp³-hybridized carbons (Fsp3) is 0.188. The number of nitrogens with one attached hydrogen (secondary N) is 2. The molecule has 22 heavy (non-hydrogen) atoms. The van der Waals surface area contributed by atoms with Crippen LogP contribution in [0.2, 0.25) is 5.02 Å². The summed E-state index contributed by atoms with van der Waals surface area (Å²) in [7, 11) is 0. The number of urea groups is 1. The van der Waals surface area contributed by atoms with Crippen LogP contribution in [0.3, 0.4) is 0 Å². The zero-order valence-electron chi connectivity index (χ0n) is 12.2. The molecule has 0 radical (unpaired) electrons. The molecule has 0 aliphatic rings. The predicted octanol–water partition coefficient (Wildman–Crippen LogP) is 4.91. The molecule has 0 fully saturated rings. The SMILES string of the molecule is CC(C)Oc1ccccc1NC(=O)Nc1ccc(F)c(Cl)c1. The average Bonchev–Trinajstić information content (AvgIpc) is 2.44. The van der Waals surface area contributed by atoms with Crippen LogP contribution in [0.5, 0.6) is 5.75 Å². The molecule has 0 saturated carbocycles. The molecule has 2 amide bonds. The van der Waals surface area contributed by atoms with Crippen molar-refractivity contribution in [3.05, 3.63) is 53.3 Å². The molecular weight excluding hydrogens is 307 g/mol. The normalized spacial score (nSPS) is 10.4. The fourth-order valence-corrected chi connectivity index (χ4v) is 1.97. The molecule has 0 atom stereocenters. The molecule has 6 heteroatoms. The second-order valence-electron chi connectivity index (χ2n) is 4.87. The Bertz CT molecular complexity index is 677. The molecule has 2 aromatic carbocycles. The summed E-state index contributed by atoms with van der Waals surface area (Å²) in [6, 6.07) is 10.6. The number of halogens is 2. The van der Waals surface area contributed by atoms with Gasteiger partial charge in [-0.3, -0.25) is 0 Å². The Hall–Kier alpha value is -2.27. The molecule has 0 aromatic heterocycles. The van der Waals surface area contributed by atoms with Crippen molar-refractivity contribution >= 4 is 29.0 Å². The zero-order valence-corrected chi connectivity index (χ0v) is 12.9. The van der Waals surface area contributed by atoms with Crippen molar-refractivity contribution in [3.8, 4) is 5.75 Å². The Morgan fingerprint density at radius 3 is 2.59 bits per heavy atom. The predicted molar refractivity (Wildman–Crippen MR) is 86.3 cm³/mol. The fourth-order valence-electron chi connectivity index (χ4n) is 1.79. The van der Waals surface area contributed by atoms with E-state index in [9.17, 15) is 9.18 Å². The standard InChI is InChI=1S/C16H16ClFN2O2/c1-10(2)22-15-6-4-3-5-14(15)20-16(21)19-11-7-8-13(18)12(17)9-11/h3-10H,1-2H3,(H2,19,20,21). The number of para-hydroxylation sites is 2. The summed E-state index contributed by atoms with van der Waals surface area (Å²) in [5.41, 5.74) is 0.938. The minimum Gasteiger partial charge on any atom is -0.489 e. The molecule has 0 aliphatic heterocycles. The van der Waals surface area contributed by atoms with Gasteiger partial charge in [0.05, 0.1) is 16.8 Å². The number of rotatable bonds is 4. The Morgan fingerprint density at radius 1 is 1.18 bits per heavy atom. The number of hydrogen-bond acceptors (Lipinski definition) is 2. The van der Waals surface area contributed by atoms with E-state index in [1.807, 2.05) is 19.9 Å². The number of amides is 2. The summed E-state index contributed by atoms with van der Waals surface area (Å²) in [4.78, 5) is 12.0. The number of benzene rings is 2. The van der Waals surface area contributed by atoms with Crippen molar-refractivity contribution < 1.29 is 13.9 Å². The largest absolute Gasteiger partial charge is 0.489 e. The van der Waals surface area contributed by atoms with Gasteiger partial charge in [-0.1, -0.05) is 23.7 Å². The van der Waals surface area contributed by atoms with Crippen LogP contribution in [0.1, 0.15) is 13.8 Å². The summed E-state index contributed by atoms with van der Waals surface area (Å²) in [5, 5.41) is 5.21. The zero-order chi connectivity index (χ0) is 16.1. The van der Waals surface area contributed by atoms with Crippen LogP contribution in [0, 0.1) is 5.82 Å². The van der Waals surface area contributed by atoms with Gasteiger partial charge in [-0.05, 0) is 44.2 Å². The van der Waals surface area contributed by atoms with E-state index in [1.165, 1.54) is 18.2 Å². The summed E-state index contributed by atoms with van der Waals surface area (Å²) in [6.07, 6.45) is -0.0121. The van der Waals surface area contributed by atoms with Crippen LogP contribution < -0.4 is 15.4 Å².